The molecule has 0 aliphatic rings. The third kappa shape index (κ3) is 7.48. The van der Waals surface area contributed by atoms with E-state index in [-0.39, 0.29) is 12.5 Å². The van der Waals surface area contributed by atoms with E-state index >= 15 is 0 Å². The molecule has 0 saturated heterocycles. The molecule has 0 fully saturated rings. The summed E-state index contributed by atoms with van der Waals surface area (Å²) < 4.78 is 5.46. The summed E-state index contributed by atoms with van der Waals surface area (Å²) in [6, 6.07) is 20.8. The van der Waals surface area contributed by atoms with Crippen LogP contribution in [-0.2, 0) is 14.4 Å². The first-order valence-electron chi connectivity index (χ1n) is 9.89. The first-order chi connectivity index (χ1) is 15.9. The van der Waals surface area contributed by atoms with Crippen LogP contribution < -0.4 is 20.8 Å². The minimum absolute atomic E-state index is 0.139. The number of hydrogen-bond acceptors (Lipinski definition) is 5. The molecule has 0 aliphatic carbocycles. The second-order valence-corrected chi connectivity index (χ2v) is 7.32. The molecule has 9 heteroatoms. The minimum Gasteiger partial charge on any atom is -0.484 e. The molecule has 3 amide bonds. The highest BCUT2D eigenvalue weighted by atomic mass is 35.5. The first-order valence-corrected chi connectivity index (χ1v) is 10.3. The van der Waals surface area contributed by atoms with Crippen LogP contribution in [0.4, 0.5) is 11.4 Å². The minimum atomic E-state index is -0.921. The van der Waals surface area contributed by atoms with Gasteiger partial charge in [0.25, 0.3) is 5.91 Å². The lowest BCUT2D eigenvalue weighted by molar-refractivity contribution is -0.136. The normalized spacial score (nSPS) is 10.5. The number of anilines is 2. The second kappa shape index (κ2) is 11.4. The Labute approximate surface area is 195 Å². The summed E-state index contributed by atoms with van der Waals surface area (Å²) in [5.74, 6) is -1.57. The average Bonchev–Trinajstić information content (AvgIpc) is 2.81. The topological polar surface area (TPSA) is 109 Å². The Kier molecular flexibility index (Phi) is 8.15. The molecule has 0 spiro atoms. The quantitative estimate of drug-likeness (QED) is 0.281. The number of amides is 3. The molecule has 3 N–H and O–H groups in total. The summed E-state index contributed by atoms with van der Waals surface area (Å²) in [6.07, 6.45) is 1.38. The fourth-order valence-corrected chi connectivity index (χ4v) is 2.81. The SMILES string of the molecule is Cc1ccc(Cl)cc1NC(=O)C(=O)N/N=C\c1ccc(OCC(=O)Nc2ccccc2)cc1. The van der Waals surface area contributed by atoms with Gasteiger partial charge in [-0.15, -0.1) is 0 Å². The van der Waals surface area contributed by atoms with Gasteiger partial charge < -0.3 is 15.4 Å². The molecule has 8 nitrogen and oxygen atoms in total. The standard InChI is InChI=1S/C24H21ClN4O4/c1-16-7-10-18(25)13-21(16)28-23(31)24(32)29-26-14-17-8-11-20(12-9-17)33-15-22(30)27-19-5-3-2-4-6-19/h2-14H,15H2,1H3,(H,27,30)(H,28,31)(H,29,32)/b26-14-. The molecule has 0 atom stereocenters. The van der Waals surface area contributed by atoms with Crippen LogP contribution in [0, 0.1) is 6.92 Å². The molecule has 0 saturated carbocycles. The van der Waals surface area contributed by atoms with Gasteiger partial charge in [0.1, 0.15) is 5.75 Å². The summed E-state index contributed by atoms with van der Waals surface area (Å²) in [7, 11) is 0. The highest BCUT2D eigenvalue weighted by Crippen LogP contribution is 2.20. The molecule has 0 aromatic heterocycles. The zero-order chi connectivity index (χ0) is 23.6. The van der Waals surface area contributed by atoms with Crippen molar-refractivity contribution in [1.29, 1.82) is 0 Å². The molecule has 0 heterocycles. The van der Waals surface area contributed by atoms with E-state index in [0.29, 0.717) is 27.7 Å². The third-order valence-corrected chi connectivity index (χ3v) is 4.58. The number of carbonyl (C=O) groups is 3. The molecule has 168 valence electrons. The highest BCUT2D eigenvalue weighted by Gasteiger charge is 2.14. The molecule has 3 aromatic rings. The number of hydrogen-bond donors (Lipinski definition) is 3. The molecule has 3 aromatic carbocycles. The summed E-state index contributed by atoms with van der Waals surface area (Å²) in [4.78, 5) is 35.9. The van der Waals surface area contributed by atoms with E-state index in [0.717, 1.165) is 5.56 Å². The smallest absolute Gasteiger partial charge is 0.329 e. The Bertz CT molecular complexity index is 1160. The van der Waals surface area contributed by atoms with Crippen molar-refractivity contribution in [2.24, 2.45) is 5.10 Å². The zero-order valence-corrected chi connectivity index (χ0v) is 18.4. The van der Waals surface area contributed by atoms with Gasteiger partial charge in [-0.3, -0.25) is 14.4 Å². The molecule has 0 radical (unpaired) electrons. The van der Waals surface area contributed by atoms with Crippen LogP contribution in [0.3, 0.4) is 0 Å². The van der Waals surface area contributed by atoms with Crippen LogP contribution in [0.2, 0.25) is 5.02 Å². The van der Waals surface area contributed by atoms with E-state index in [9.17, 15) is 14.4 Å². The van der Waals surface area contributed by atoms with Crippen LogP contribution >= 0.6 is 11.6 Å². The van der Waals surface area contributed by atoms with Crippen molar-refractivity contribution in [2.45, 2.75) is 6.92 Å². The largest absolute Gasteiger partial charge is 0.484 e. The fourth-order valence-electron chi connectivity index (χ4n) is 2.64. The molecular formula is C24H21ClN4O4. The zero-order valence-electron chi connectivity index (χ0n) is 17.7. The number of aryl methyl sites for hydroxylation is 1. The molecular weight excluding hydrogens is 444 g/mol. The fraction of sp³-hybridized carbons (Fsp3) is 0.0833. The number of nitrogens with one attached hydrogen (secondary N) is 3. The summed E-state index contributed by atoms with van der Waals surface area (Å²) >= 11 is 5.91. The van der Waals surface area contributed by atoms with E-state index in [1.807, 2.05) is 18.2 Å². The van der Waals surface area contributed by atoms with Crippen molar-refractivity contribution < 1.29 is 19.1 Å². The predicted molar refractivity (Wildman–Crippen MR) is 128 cm³/mol. The van der Waals surface area contributed by atoms with E-state index in [1.54, 1.807) is 61.5 Å². The van der Waals surface area contributed by atoms with Crippen molar-refractivity contribution in [3.8, 4) is 5.75 Å². The average molecular weight is 465 g/mol. The van der Waals surface area contributed by atoms with Crippen molar-refractivity contribution in [1.82, 2.24) is 5.43 Å². The van der Waals surface area contributed by atoms with Gasteiger partial charge >= 0.3 is 11.8 Å². The molecule has 33 heavy (non-hydrogen) atoms. The Morgan fingerprint density at radius 2 is 1.67 bits per heavy atom. The van der Waals surface area contributed by atoms with Gasteiger partial charge in [-0.1, -0.05) is 35.9 Å². The third-order valence-electron chi connectivity index (χ3n) is 4.34. The van der Waals surface area contributed by atoms with E-state index in [2.05, 4.69) is 21.2 Å². The maximum Gasteiger partial charge on any atom is 0.329 e. The Morgan fingerprint density at radius 1 is 0.939 bits per heavy atom. The van der Waals surface area contributed by atoms with Crippen molar-refractivity contribution in [2.75, 3.05) is 17.2 Å². The molecule has 0 bridgehead atoms. The van der Waals surface area contributed by atoms with Crippen LogP contribution in [0.15, 0.2) is 77.9 Å². The monoisotopic (exact) mass is 464 g/mol. The van der Waals surface area contributed by atoms with Gasteiger partial charge in [-0.05, 0) is 66.6 Å². The van der Waals surface area contributed by atoms with Gasteiger partial charge in [-0.25, -0.2) is 5.43 Å². The number of para-hydroxylation sites is 1. The maximum atomic E-state index is 12.0. The Morgan fingerprint density at radius 3 is 2.39 bits per heavy atom. The number of rotatable bonds is 7. The van der Waals surface area contributed by atoms with Crippen LogP contribution in [-0.4, -0.2) is 30.5 Å². The Balaban J connectivity index is 1.44. The number of carbonyl (C=O) groups excluding carboxylic acids is 3. The van der Waals surface area contributed by atoms with Crippen molar-refractivity contribution in [3.05, 3.63) is 88.9 Å². The first kappa shape index (κ1) is 23.5. The number of nitrogens with zero attached hydrogens (tertiary/aromatic N) is 1. The molecule has 3 rings (SSSR count). The number of ether oxygens (including phenoxy) is 1. The maximum absolute atomic E-state index is 12.0. The van der Waals surface area contributed by atoms with Gasteiger partial charge in [0.05, 0.1) is 6.21 Å². The van der Waals surface area contributed by atoms with Gasteiger partial charge in [0, 0.05) is 16.4 Å². The summed E-state index contributed by atoms with van der Waals surface area (Å²) in [5, 5.41) is 9.44. The van der Waals surface area contributed by atoms with Gasteiger partial charge in [0.2, 0.25) is 0 Å². The van der Waals surface area contributed by atoms with Crippen molar-refractivity contribution >= 4 is 46.9 Å². The lowest BCUT2D eigenvalue weighted by Crippen LogP contribution is -2.32. The second-order valence-electron chi connectivity index (χ2n) is 6.88. The van der Waals surface area contributed by atoms with Crippen LogP contribution in [0.1, 0.15) is 11.1 Å². The van der Waals surface area contributed by atoms with E-state index in [4.69, 9.17) is 16.3 Å². The molecule has 0 unspecified atom stereocenters. The predicted octanol–water partition coefficient (Wildman–Crippen LogP) is 3.75. The van der Waals surface area contributed by atoms with E-state index < -0.39 is 11.8 Å². The number of halogens is 1. The summed E-state index contributed by atoms with van der Waals surface area (Å²) in [5.41, 5.74) is 4.72. The molecule has 0 aliphatic heterocycles. The van der Waals surface area contributed by atoms with Crippen molar-refractivity contribution in [3.63, 3.8) is 0 Å². The van der Waals surface area contributed by atoms with E-state index in [1.165, 1.54) is 6.21 Å². The summed E-state index contributed by atoms with van der Waals surface area (Å²) in [6.45, 7) is 1.64. The lowest BCUT2D eigenvalue weighted by atomic mass is 10.2. The van der Waals surface area contributed by atoms with Gasteiger partial charge in [-0.2, -0.15) is 5.10 Å². The lowest BCUT2D eigenvalue weighted by Gasteiger charge is -2.08. The Hall–Kier alpha value is -4.17. The van der Waals surface area contributed by atoms with Gasteiger partial charge in [0.15, 0.2) is 6.61 Å². The number of benzene rings is 3. The highest BCUT2D eigenvalue weighted by molar-refractivity contribution is 6.40. The van der Waals surface area contributed by atoms with Crippen LogP contribution in [0.25, 0.3) is 0 Å². The number of hydrazone groups is 1. The van der Waals surface area contributed by atoms with Crippen LogP contribution in [0.5, 0.6) is 5.75 Å².